The van der Waals surface area contributed by atoms with E-state index in [1.807, 2.05) is 13.0 Å². The van der Waals surface area contributed by atoms with Crippen molar-refractivity contribution in [1.29, 1.82) is 0 Å². The van der Waals surface area contributed by atoms with Gasteiger partial charge in [-0.1, -0.05) is 31.5 Å². The smallest absolute Gasteiger partial charge is 0.242 e. The van der Waals surface area contributed by atoms with Crippen LogP contribution in [0.3, 0.4) is 0 Å². The number of hydrogen-bond donors (Lipinski definition) is 1. The molecular weight excluding hydrogens is 430 g/mol. The predicted molar refractivity (Wildman–Crippen MR) is 132 cm³/mol. The third-order valence-corrected chi connectivity index (χ3v) is 12.4. The van der Waals surface area contributed by atoms with E-state index in [1.165, 1.54) is 44.9 Å². The molecule has 33 heavy (non-hydrogen) atoms. The molecule has 184 valence electrons. The van der Waals surface area contributed by atoms with Gasteiger partial charge in [0.1, 0.15) is 0 Å². The lowest BCUT2D eigenvalue weighted by molar-refractivity contribution is -0.127. The minimum absolute atomic E-state index is 0.243. The number of fused-ring (bicyclic) bond motifs is 5. The van der Waals surface area contributed by atoms with E-state index in [9.17, 15) is 13.5 Å². The quantitative estimate of drug-likeness (QED) is 0.609. The second-order valence-corrected chi connectivity index (χ2v) is 14.5. The molecular formula is C28H43NO3S. The summed E-state index contributed by atoms with van der Waals surface area (Å²) in [5.41, 5.74) is -0.213. The van der Waals surface area contributed by atoms with Gasteiger partial charge in [0.05, 0.1) is 10.5 Å². The molecule has 0 unspecified atom stereocenters. The maximum atomic E-state index is 13.2. The minimum atomic E-state index is -3.44. The molecule has 0 spiro atoms. The van der Waals surface area contributed by atoms with Crippen molar-refractivity contribution in [2.75, 3.05) is 13.6 Å². The Hall–Kier alpha value is -0.910. The van der Waals surface area contributed by atoms with Crippen molar-refractivity contribution in [3.63, 3.8) is 0 Å². The van der Waals surface area contributed by atoms with E-state index < -0.39 is 15.6 Å². The lowest BCUT2D eigenvalue weighted by Gasteiger charge is -2.61. The van der Waals surface area contributed by atoms with Gasteiger partial charge >= 0.3 is 0 Å². The zero-order valence-corrected chi connectivity index (χ0v) is 21.6. The number of rotatable bonds is 4. The van der Waals surface area contributed by atoms with Gasteiger partial charge in [-0.15, -0.1) is 0 Å². The van der Waals surface area contributed by atoms with Crippen molar-refractivity contribution < 1.29 is 13.5 Å². The van der Waals surface area contributed by atoms with Gasteiger partial charge in [-0.2, -0.15) is 0 Å². The average molecular weight is 474 g/mol. The molecule has 8 atom stereocenters. The fraction of sp³-hybridized carbons (Fsp3) is 0.786. The predicted octanol–water partition coefficient (Wildman–Crippen LogP) is 5.72. The van der Waals surface area contributed by atoms with Gasteiger partial charge in [0.2, 0.25) is 10.0 Å². The molecule has 5 heteroatoms. The molecule has 0 radical (unpaired) electrons. The summed E-state index contributed by atoms with van der Waals surface area (Å²) in [5, 5.41) is 10.7. The standard InChI is InChI=1S/C28H43NO3S/c1-27(30)16-14-23-20(18-27)12-13-25-24(23)15-17-28(2)21(8-7-11-26(25)28)19-29(3)33(31,32)22-9-5-4-6-10-22/h4-6,9-10,20-21,23-26,30H,7-8,11-19H2,1-3H3/t20-,21-,23+,24-,25-,26+,27-,28-/m1/s1. The summed E-state index contributed by atoms with van der Waals surface area (Å²) in [4.78, 5) is 0.403. The molecule has 0 bridgehead atoms. The van der Waals surface area contributed by atoms with E-state index in [0.717, 1.165) is 42.9 Å². The Morgan fingerprint density at radius 3 is 2.42 bits per heavy atom. The summed E-state index contributed by atoms with van der Waals surface area (Å²) in [5.74, 6) is 4.29. The van der Waals surface area contributed by atoms with E-state index in [1.54, 1.807) is 35.6 Å². The van der Waals surface area contributed by atoms with E-state index >= 15 is 0 Å². The molecule has 0 heterocycles. The Morgan fingerprint density at radius 2 is 1.67 bits per heavy atom. The van der Waals surface area contributed by atoms with Crippen molar-refractivity contribution >= 4 is 10.0 Å². The molecule has 0 saturated heterocycles. The van der Waals surface area contributed by atoms with Crippen LogP contribution in [0.1, 0.15) is 78.1 Å². The van der Waals surface area contributed by atoms with Crippen LogP contribution in [0, 0.1) is 40.9 Å². The maximum Gasteiger partial charge on any atom is 0.242 e. The zero-order valence-electron chi connectivity index (χ0n) is 20.7. The van der Waals surface area contributed by atoms with Crippen molar-refractivity contribution in [3.05, 3.63) is 30.3 Å². The normalized spacial score (nSPS) is 43.4. The fourth-order valence-corrected chi connectivity index (χ4v) is 10.1. The highest BCUT2D eigenvalue weighted by molar-refractivity contribution is 7.89. The first kappa shape index (κ1) is 23.8. The average Bonchev–Trinajstić information content (AvgIpc) is 2.79. The summed E-state index contributed by atoms with van der Waals surface area (Å²) < 4.78 is 28.1. The molecule has 5 rings (SSSR count). The Morgan fingerprint density at radius 1 is 0.939 bits per heavy atom. The summed E-state index contributed by atoms with van der Waals surface area (Å²) in [6, 6.07) is 8.90. The molecule has 4 aliphatic carbocycles. The first-order valence-corrected chi connectivity index (χ1v) is 14.8. The molecule has 4 nitrogen and oxygen atoms in total. The molecule has 1 aromatic rings. The van der Waals surface area contributed by atoms with Gasteiger partial charge in [0.25, 0.3) is 0 Å². The second kappa shape index (κ2) is 8.64. The van der Waals surface area contributed by atoms with Crippen molar-refractivity contribution in [3.8, 4) is 0 Å². The van der Waals surface area contributed by atoms with Crippen LogP contribution in [-0.2, 0) is 10.0 Å². The highest BCUT2D eigenvalue weighted by atomic mass is 32.2. The summed E-state index contributed by atoms with van der Waals surface area (Å²) in [6.45, 7) is 5.17. The molecule has 0 aromatic heterocycles. The van der Waals surface area contributed by atoms with Gasteiger partial charge in [0, 0.05) is 13.6 Å². The maximum absolute atomic E-state index is 13.2. The van der Waals surface area contributed by atoms with E-state index in [0.29, 0.717) is 23.3 Å². The third-order valence-electron chi connectivity index (χ3n) is 10.6. The Bertz CT molecular complexity index is 945. The molecule has 4 fully saturated rings. The molecule has 0 amide bonds. The van der Waals surface area contributed by atoms with Crippen LogP contribution in [0.25, 0.3) is 0 Å². The van der Waals surface area contributed by atoms with Gasteiger partial charge in [-0.25, -0.2) is 12.7 Å². The lowest BCUT2D eigenvalue weighted by atomic mass is 9.45. The molecule has 0 aliphatic heterocycles. The van der Waals surface area contributed by atoms with Crippen LogP contribution < -0.4 is 0 Å². The van der Waals surface area contributed by atoms with Crippen molar-refractivity contribution in [2.45, 2.75) is 88.6 Å². The summed E-state index contributed by atoms with van der Waals surface area (Å²) in [7, 11) is -1.67. The van der Waals surface area contributed by atoms with Crippen LogP contribution in [-0.4, -0.2) is 37.0 Å². The second-order valence-electron chi connectivity index (χ2n) is 12.4. The highest BCUT2D eigenvalue weighted by Gasteiger charge is 2.56. The topological polar surface area (TPSA) is 57.6 Å². The van der Waals surface area contributed by atoms with Crippen LogP contribution in [0.15, 0.2) is 35.2 Å². The van der Waals surface area contributed by atoms with Crippen molar-refractivity contribution in [1.82, 2.24) is 4.31 Å². The minimum Gasteiger partial charge on any atom is -0.390 e. The molecule has 4 aliphatic rings. The lowest BCUT2D eigenvalue weighted by Crippen LogP contribution is -2.55. The Balaban J connectivity index is 1.33. The van der Waals surface area contributed by atoms with E-state index in [4.69, 9.17) is 0 Å². The fourth-order valence-electron chi connectivity index (χ4n) is 8.87. The summed E-state index contributed by atoms with van der Waals surface area (Å²) in [6.07, 6.45) is 12.0. The van der Waals surface area contributed by atoms with Crippen molar-refractivity contribution in [2.24, 2.45) is 40.9 Å². The number of hydrogen-bond acceptors (Lipinski definition) is 3. The van der Waals surface area contributed by atoms with Gasteiger partial charge in [-0.3, -0.25) is 0 Å². The highest BCUT2D eigenvalue weighted by Crippen LogP contribution is 2.63. The van der Waals surface area contributed by atoms with Gasteiger partial charge in [0.15, 0.2) is 0 Å². The van der Waals surface area contributed by atoms with Crippen LogP contribution in [0.5, 0.6) is 0 Å². The van der Waals surface area contributed by atoms with Gasteiger partial charge in [-0.05, 0) is 118 Å². The number of aliphatic hydroxyl groups is 1. The SMILES string of the molecule is CN(C[C@H]1CCC[C@H]2[C@@H]3CC[C@@H]4C[C@](C)(O)CC[C@@H]4[C@H]3CC[C@]12C)S(=O)(=O)c1ccccc1. The number of benzene rings is 1. The Kier molecular flexibility index (Phi) is 6.23. The van der Waals surface area contributed by atoms with E-state index in [2.05, 4.69) is 6.92 Å². The largest absolute Gasteiger partial charge is 0.390 e. The van der Waals surface area contributed by atoms with Crippen LogP contribution in [0.2, 0.25) is 0 Å². The number of sulfonamides is 1. The van der Waals surface area contributed by atoms with Crippen LogP contribution >= 0.6 is 0 Å². The molecule has 1 aromatic carbocycles. The molecule has 4 saturated carbocycles. The number of nitrogens with zero attached hydrogens (tertiary/aromatic N) is 1. The van der Waals surface area contributed by atoms with Gasteiger partial charge < -0.3 is 5.11 Å². The molecule has 1 N–H and O–H groups in total. The summed E-state index contributed by atoms with van der Waals surface area (Å²) >= 11 is 0. The zero-order chi connectivity index (χ0) is 23.4. The Labute approximate surface area is 201 Å². The third kappa shape index (κ3) is 4.21. The van der Waals surface area contributed by atoms with E-state index in [-0.39, 0.29) is 5.41 Å². The first-order valence-electron chi connectivity index (χ1n) is 13.4. The monoisotopic (exact) mass is 473 g/mol. The van der Waals surface area contributed by atoms with Crippen LogP contribution in [0.4, 0.5) is 0 Å². The first-order chi connectivity index (χ1) is 15.6.